The maximum Gasteiger partial charge on any atom is 0.251 e. The summed E-state index contributed by atoms with van der Waals surface area (Å²) in [5, 5.41) is 3.17. The fourth-order valence-electron chi connectivity index (χ4n) is 1.28. The van der Waals surface area contributed by atoms with Crippen molar-refractivity contribution in [3.63, 3.8) is 0 Å². The molecule has 1 atom stereocenters. The van der Waals surface area contributed by atoms with Crippen LogP contribution in [0.3, 0.4) is 0 Å². The van der Waals surface area contributed by atoms with E-state index in [-0.39, 0.29) is 11.9 Å². The predicted molar refractivity (Wildman–Crippen MR) is 62.7 cm³/mol. The van der Waals surface area contributed by atoms with Crippen LogP contribution in [0.5, 0.6) is 0 Å². The highest BCUT2D eigenvalue weighted by Gasteiger charge is 2.12. The lowest BCUT2D eigenvalue weighted by Crippen LogP contribution is -2.37. The molecule has 0 aliphatic rings. The second-order valence-corrected chi connectivity index (χ2v) is 3.79. The molecule has 0 spiro atoms. The van der Waals surface area contributed by atoms with E-state index >= 15 is 0 Å². The molecule has 0 radical (unpaired) electrons. The van der Waals surface area contributed by atoms with E-state index in [1.165, 1.54) is 12.3 Å². The first-order chi connectivity index (χ1) is 7.67. The fraction of sp³-hybridized carbons (Fsp3) is 0.455. The molecule has 1 amide bonds. The van der Waals surface area contributed by atoms with E-state index < -0.39 is 0 Å². The average Bonchev–Trinajstić information content (AvgIpc) is 2.28. The third-order valence-electron chi connectivity index (χ3n) is 2.18. The van der Waals surface area contributed by atoms with Crippen LogP contribution in [0, 0.1) is 0 Å². The van der Waals surface area contributed by atoms with Gasteiger partial charge in [0, 0.05) is 18.9 Å². The van der Waals surface area contributed by atoms with E-state index in [2.05, 4.69) is 10.3 Å². The van der Waals surface area contributed by atoms with Crippen molar-refractivity contribution >= 4 is 17.5 Å². The number of carbonyl (C=O) groups excluding carboxylic acids is 1. The van der Waals surface area contributed by atoms with Gasteiger partial charge in [0.15, 0.2) is 0 Å². The topological polar surface area (TPSA) is 51.2 Å². The summed E-state index contributed by atoms with van der Waals surface area (Å²) in [5.74, 6) is -0.159. The molecule has 0 saturated carbocycles. The summed E-state index contributed by atoms with van der Waals surface area (Å²) in [4.78, 5) is 15.6. The Bertz CT molecular complexity index is 358. The number of halogens is 1. The molecule has 88 valence electrons. The Kier molecular flexibility index (Phi) is 5.22. The third kappa shape index (κ3) is 3.79. The van der Waals surface area contributed by atoms with Crippen LogP contribution in [0.2, 0.25) is 5.15 Å². The Labute approximate surface area is 100.0 Å². The summed E-state index contributed by atoms with van der Waals surface area (Å²) in [6, 6.07) is 3.18. The van der Waals surface area contributed by atoms with E-state index in [9.17, 15) is 4.79 Å². The summed E-state index contributed by atoms with van der Waals surface area (Å²) in [6.07, 6.45) is 2.33. The van der Waals surface area contributed by atoms with E-state index in [1.54, 1.807) is 13.2 Å². The zero-order valence-electron chi connectivity index (χ0n) is 9.37. The van der Waals surface area contributed by atoms with Crippen LogP contribution >= 0.6 is 11.6 Å². The van der Waals surface area contributed by atoms with Gasteiger partial charge >= 0.3 is 0 Å². The van der Waals surface area contributed by atoms with Crippen molar-refractivity contribution in [3.05, 3.63) is 29.0 Å². The van der Waals surface area contributed by atoms with Gasteiger partial charge < -0.3 is 10.1 Å². The van der Waals surface area contributed by atoms with Crippen LogP contribution in [0.1, 0.15) is 23.7 Å². The largest absolute Gasteiger partial charge is 0.383 e. The Morgan fingerprint density at radius 3 is 3.00 bits per heavy atom. The standard InChI is InChI=1S/C11H15ClN2O2/c1-3-9(7-16-2)14-11(15)8-4-5-13-10(12)6-8/h4-6,9H,3,7H2,1-2H3,(H,14,15). The van der Waals surface area contributed by atoms with Crippen LogP contribution in [0.25, 0.3) is 0 Å². The van der Waals surface area contributed by atoms with Crippen molar-refractivity contribution in [3.8, 4) is 0 Å². The molecule has 5 heteroatoms. The van der Waals surface area contributed by atoms with E-state index in [0.29, 0.717) is 17.3 Å². The molecule has 1 N–H and O–H groups in total. The van der Waals surface area contributed by atoms with Crippen molar-refractivity contribution in [2.45, 2.75) is 19.4 Å². The number of hydrogen-bond acceptors (Lipinski definition) is 3. The van der Waals surface area contributed by atoms with Gasteiger partial charge in [0.2, 0.25) is 0 Å². The van der Waals surface area contributed by atoms with Crippen molar-refractivity contribution < 1.29 is 9.53 Å². The van der Waals surface area contributed by atoms with Crippen molar-refractivity contribution in [1.29, 1.82) is 0 Å². The lowest BCUT2D eigenvalue weighted by Gasteiger charge is -2.15. The summed E-state index contributed by atoms with van der Waals surface area (Å²) in [7, 11) is 1.61. The molecule has 1 aromatic rings. The van der Waals surface area contributed by atoms with Crippen LogP contribution in [0.4, 0.5) is 0 Å². The number of amides is 1. The summed E-state index contributed by atoms with van der Waals surface area (Å²) in [5.41, 5.74) is 0.509. The minimum atomic E-state index is -0.159. The molecule has 0 fully saturated rings. The molecular weight excluding hydrogens is 228 g/mol. The van der Waals surface area contributed by atoms with Crippen molar-refractivity contribution in [1.82, 2.24) is 10.3 Å². The van der Waals surface area contributed by atoms with E-state index in [4.69, 9.17) is 16.3 Å². The molecule has 1 rings (SSSR count). The number of nitrogens with one attached hydrogen (secondary N) is 1. The summed E-state index contributed by atoms with van der Waals surface area (Å²) < 4.78 is 5.00. The Morgan fingerprint density at radius 1 is 1.69 bits per heavy atom. The highest BCUT2D eigenvalue weighted by molar-refractivity contribution is 6.29. The minimum Gasteiger partial charge on any atom is -0.383 e. The van der Waals surface area contributed by atoms with Gasteiger partial charge in [-0.25, -0.2) is 4.98 Å². The van der Waals surface area contributed by atoms with Gasteiger partial charge in [0.25, 0.3) is 5.91 Å². The highest BCUT2D eigenvalue weighted by atomic mass is 35.5. The van der Waals surface area contributed by atoms with Crippen LogP contribution in [-0.2, 0) is 4.74 Å². The second kappa shape index (κ2) is 6.45. The number of rotatable bonds is 5. The zero-order valence-corrected chi connectivity index (χ0v) is 10.1. The molecule has 16 heavy (non-hydrogen) atoms. The smallest absolute Gasteiger partial charge is 0.251 e. The molecule has 0 aliphatic heterocycles. The molecule has 0 bridgehead atoms. The van der Waals surface area contributed by atoms with Crippen LogP contribution in [0.15, 0.2) is 18.3 Å². The highest BCUT2D eigenvalue weighted by Crippen LogP contribution is 2.07. The lowest BCUT2D eigenvalue weighted by molar-refractivity contribution is 0.0894. The molecule has 4 nitrogen and oxygen atoms in total. The van der Waals surface area contributed by atoms with Gasteiger partial charge in [-0.1, -0.05) is 18.5 Å². The minimum absolute atomic E-state index is 0.0180. The normalized spacial score (nSPS) is 12.2. The average molecular weight is 243 g/mol. The Hall–Kier alpha value is -1.13. The lowest BCUT2D eigenvalue weighted by atomic mass is 10.2. The fourth-order valence-corrected chi connectivity index (χ4v) is 1.45. The van der Waals surface area contributed by atoms with Crippen molar-refractivity contribution in [2.75, 3.05) is 13.7 Å². The quantitative estimate of drug-likeness (QED) is 0.803. The maximum absolute atomic E-state index is 11.8. The first-order valence-corrected chi connectivity index (χ1v) is 5.46. The first kappa shape index (κ1) is 12.9. The molecule has 1 unspecified atom stereocenters. The SMILES string of the molecule is CCC(COC)NC(=O)c1ccnc(Cl)c1. The van der Waals surface area contributed by atoms with Crippen molar-refractivity contribution in [2.24, 2.45) is 0 Å². The van der Waals surface area contributed by atoms with Gasteiger partial charge in [-0.3, -0.25) is 4.79 Å². The van der Waals surface area contributed by atoms with Crippen LogP contribution in [-0.4, -0.2) is 30.6 Å². The Morgan fingerprint density at radius 2 is 2.44 bits per heavy atom. The number of ether oxygens (including phenoxy) is 1. The van der Waals surface area contributed by atoms with E-state index in [0.717, 1.165) is 6.42 Å². The number of aromatic nitrogens is 1. The first-order valence-electron chi connectivity index (χ1n) is 5.08. The van der Waals surface area contributed by atoms with Gasteiger partial charge in [-0.2, -0.15) is 0 Å². The molecule has 0 saturated heterocycles. The molecule has 1 heterocycles. The monoisotopic (exact) mass is 242 g/mol. The molecule has 0 aliphatic carbocycles. The van der Waals surface area contributed by atoms with Gasteiger partial charge in [0.1, 0.15) is 5.15 Å². The predicted octanol–water partition coefficient (Wildman–Crippen LogP) is 1.89. The zero-order chi connectivity index (χ0) is 12.0. The van der Waals surface area contributed by atoms with Gasteiger partial charge in [-0.05, 0) is 18.6 Å². The number of hydrogen-bond donors (Lipinski definition) is 1. The number of nitrogens with zero attached hydrogens (tertiary/aromatic N) is 1. The molecule has 0 aromatic carbocycles. The number of methoxy groups -OCH3 is 1. The summed E-state index contributed by atoms with van der Waals surface area (Å²) in [6.45, 7) is 2.49. The third-order valence-corrected chi connectivity index (χ3v) is 2.39. The second-order valence-electron chi connectivity index (χ2n) is 3.40. The van der Waals surface area contributed by atoms with Gasteiger partial charge in [-0.15, -0.1) is 0 Å². The van der Waals surface area contributed by atoms with Crippen LogP contribution < -0.4 is 5.32 Å². The maximum atomic E-state index is 11.8. The molecule has 1 aromatic heterocycles. The van der Waals surface area contributed by atoms with E-state index in [1.807, 2.05) is 6.92 Å². The molecular formula is C11H15ClN2O2. The summed E-state index contributed by atoms with van der Waals surface area (Å²) >= 11 is 5.70. The Balaban J connectivity index is 2.64. The van der Waals surface area contributed by atoms with Gasteiger partial charge in [0.05, 0.1) is 12.6 Å². The number of carbonyl (C=O) groups is 1. The number of pyridine rings is 1.